The van der Waals surface area contributed by atoms with Crippen LogP contribution in [-0.4, -0.2) is 17.4 Å². The molecule has 0 atom stereocenters. The van der Waals surface area contributed by atoms with Gasteiger partial charge in [-0.2, -0.15) is 0 Å². The number of nitrogens with zero attached hydrogens (tertiary/aromatic N) is 1. The van der Waals surface area contributed by atoms with Gasteiger partial charge < -0.3 is 15.8 Å². The third-order valence-electron chi connectivity index (χ3n) is 3.33. The van der Waals surface area contributed by atoms with Gasteiger partial charge in [0.05, 0.1) is 11.9 Å². The first-order valence-corrected chi connectivity index (χ1v) is 7.29. The lowest BCUT2D eigenvalue weighted by molar-refractivity contribution is -0.116. The molecule has 1 amide bonds. The van der Waals surface area contributed by atoms with Crippen molar-refractivity contribution in [3.63, 3.8) is 0 Å². The molecular formula is C17H21N3O2. The summed E-state index contributed by atoms with van der Waals surface area (Å²) < 4.78 is 5.70. The Kier molecular flexibility index (Phi) is 5.49. The van der Waals surface area contributed by atoms with E-state index in [9.17, 15) is 4.79 Å². The summed E-state index contributed by atoms with van der Waals surface area (Å²) in [5.74, 6) is 1.17. The Morgan fingerprint density at radius 1 is 1.23 bits per heavy atom. The standard InChI is InChI=1S/C17H21N3O2/c1-12-5-7-15(10-13(12)2)22-17-8-6-14(11-19-17)20-16(21)4-3-9-18/h5-8,10-11H,3-4,9,18H2,1-2H3,(H,20,21). The molecule has 2 aromatic rings. The van der Waals surface area contributed by atoms with Crippen molar-refractivity contribution in [1.82, 2.24) is 4.98 Å². The summed E-state index contributed by atoms with van der Waals surface area (Å²) in [4.78, 5) is 15.8. The predicted molar refractivity (Wildman–Crippen MR) is 87.1 cm³/mol. The van der Waals surface area contributed by atoms with Crippen LogP contribution in [0.2, 0.25) is 0 Å². The van der Waals surface area contributed by atoms with Gasteiger partial charge in [0.25, 0.3) is 0 Å². The van der Waals surface area contributed by atoms with E-state index in [1.807, 2.05) is 25.1 Å². The van der Waals surface area contributed by atoms with Crippen LogP contribution in [0.4, 0.5) is 5.69 Å². The van der Waals surface area contributed by atoms with Crippen LogP contribution in [0.3, 0.4) is 0 Å². The average molecular weight is 299 g/mol. The van der Waals surface area contributed by atoms with E-state index in [-0.39, 0.29) is 5.91 Å². The van der Waals surface area contributed by atoms with Crippen molar-refractivity contribution in [2.75, 3.05) is 11.9 Å². The van der Waals surface area contributed by atoms with Gasteiger partial charge in [-0.05, 0) is 56.1 Å². The topological polar surface area (TPSA) is 77.2 Å². The van der Waals surface area contributed by atoms with Crippen LogP contribution in [0, 0.1) is 13.8 Å². The third-order valence-corrected chi connectivity index (χ3v) is 3.33. The number of aromatic nitrogens is 1. The maximum atomic E-state index is 11.6. The highest BCUT2D eigenvalue weighted by Crippen LogP contribution is 2.22. The Hall–Kier alpha value is -2.40. The first-order chi connectivity index (χ1) is 10.6. The number of aryl methyl sites for hydroxylation is 2. The molecule has 0 spiro atoms. The minimum Gasteiger partial charge on any atom is -0.439 e. The summed E-state index contributed by atoms with van der Waals surface area (Å²) in [6.45, 7) is 4.60. The highest BCUT2D eigenvalue weighted by Gasteiger charge is 2.04. The second-order valence-electron chi connectivity index (χ2n) is 5.17. The minimum absolute atomic E-state index is 0.0601. The molecule has 0 fully saturated rings. The van der Waals surface area contributed by atoms with E-state index < -0.39 is 0 Å². The molecule has 0 saturated heterocycles. The van der Waals surface area contributed by atoms with Crippen molar-refractivity contribution in [2.45, 2.75) is 26.7 Å². The Morgan fingerprint density at radius 2 is 2.05 bits per heavy atom. The first-order valence-electron chi connectivity index (χ1n) is 7.29. The normalized spacial score (nSPS) is 10.3. The smallest absolute Gasteiger partial charge is 0.224 e. The van der Waals surface area contributed by atoms with E-state index in [4.69, 9.17) is 10.5 Å². The van der Waals surface area contributed by atoms with Crippen LogP contribution in [-0.2, 0) is 4.79 Å². The van der Waals surface area contributed by atoms with E-state index in [0.717, 1.165) is 5.75 Å². The van der Waals surface area contributed by atoms with Crippen molar-refractivity contribution in [3.8, 4) is 11.6 Å². The number of hydrogen-bond donors (Lipinski definition) is 2. The Bertz CT molecular complexity index is 639. The summed E-state index contributed by atoms with van der Waals surface area (Å²) in [5, 5.41) is 2.77. The van der Waals surface area contributed by atoms with Gasteiger partial charge in [-0.15, -0.1) is 0 Å². The lowest BCUT2D eigenvalue weighted by Gasteiger charge is -2.08. The number of ether oxygens (including phenoxy) is 1. The van der Waals surface area contributed by atoms with E-state index in [0.29, 0.717) is 31.0 Å². The van der Waals surface area contributed by atoms with Gasteiger partial charge in [-0.1, -0.05) is 6.07 Å². The summed E-state index contributed by atoms with van der Waals surface area (Å²) >= 11 is 0. The van der Waals surface area contributed by atoms with Crippen LogP contribution in [0.5, 0.6) is 11.6 Å². The maximum Gasteiger partial charge on any atom is 0.224 e. The van der Waals surface area contributed by atoms with Crippen LogP contribution in [0.15, 0.2) is 36.5 Å². The lowest BCUT2D eigenvalue weighted by atomic mass is 10.1. The molecule has 0 unspecified atom stereocenters. The highest BCUT2D eigenvalue weighted by atomic mass is 16.5. The molecule has 0 saturated carbocycles. The number of pyridine rings is 1. The zero-order chi connectivity index (χ0) is 15.9. The number of carbonyl (C=O) groups is 1. The second kappa shape index (κ2) is 7.56. The van der Waals surface area contributed by atoms with Gasteiger partial charge >= 0.3 is 0 Å². The van der Waals surface area contributed by atoms with Gasteiger partial charge in [-0.25, -0.2) is 4.98 Å². The molecule has 0 bridgehead atoms. The number of nitrogens with two attached hydrogens (primary N) is 1. The molecule has 2 rings (SSSR count). The Morgan fingerprint density at radius 3 is 2.68 bits per heavy atom. The van der Waals surface area contributed by atoms with Gasteiger partial charge in [0.15, 0.2) is 0 Å². The predicted octanol–water partition coefficient (Wildman–Crippen LogP) is 3.17. The number of anilines is 1. The molecule has 0 radical (unpaired) electrons. The zero-order valence-corrected chi connectivity index (χ0v) is 12.9. The molecular weight excluding hydrogens is 278 g/mol. The van der Waals surface area contributed by atoms with Gasteiger partial charge in [0.1, 0.15) is 5.75 Å². The van der Waals surface area contributed by atoms with Crippen molar-refractivity contribution in [1.29, 1.82) is 0 Å². The second-order valence-corrected chi connectivity index (χ2v) is 5.17. The quantitative estimate of drug-likeness (QED) is 0.859. The van der Waals surface area contributed by atoms with Crippen LogP contribution in [0.25, 0.3) is 0 Å². The molecule has 0 aliphatic heterocycles. The number of carbonyl (C=O) groups excluding carboxylic acids is 1. The number of hydrogen-bond acceptors (Lipinski definition) is 4. The van der Waals surface area contributed by atoms with Crippen molar-refractivity contribution in [2.24, 2.45) is 5.73 Å². The third kappa shape index (κ3) is 4.56. The number of benzene rings is 1. The van der Waals surface area contributed by atoms with Crippen LogP contribution in [0.1, 0.15) is 24.0 Å². The van der Waals surface area contributed by atoms with Crippen LogP contribution >= 0.6 is 0 Å². The molecule has 116 valence electrons. The van der Waals surface area contributed by atoms with Crippen molar-refractivity contribution >= 4 is 11.6 Å². The number of amides is 1. The van der Waals surface area contributed by atoms with Crippen molar-refractivity contribution < 1.29 is 9.53 Å². The lowest BCUT2D eigenvalue weighted by Crippen LogP contribution is -2.13. The largest absolute Gasteiger partial charge is 0.439 e. The molecule has 1 heterocycles. The zero-order valence-electron chi connectivity index (χ0n) is 12.9. The molecule has 0 aliphatic rings. The Labute approximate surface area is 130 Å². The van der Waals surface area contributed by atoms with E-state index in [1.54, 1.807) is 18.3 Å². The molecule has 1 aromatic heterocycles. The van der Waals surface area contributed by atoms with E-state index >= 15 is 0 Å². The summed E-state index contributed by atoms with van der Waals surface area (Å²) in [5.41, 5.74) is 8.41. The summed E-state index contributed by atoms with van der Waals surface area (Å²) in [6, 6.07) is 9.39. The fourth-order valence-corrected chi connectivity index (χ4v) is 1.90. The number of nitrogens with one attached hydrogen (secondary N) is 1. The molecule has 5 heteroatoms. The van der Waals surface area contributed by atoms with Crippen LogP contribution < -0.4 is 15.8 Å². The fraction of sp³-hybridized carbons (Fsp3) is 0.294. The highest BCUT2D eigenvalue weighted by molar-refractivity contribution is 5.90. The van der Waals surface area contributed by atoms with E-state index in [2.05, 4.69) is 17.2 Å². The average Bonchev–Trinajstić information content (AvgIpc) is 2.51. The summed E-state index contributed by atoms with van der Waals surface area (Å²) in [6.07, 6.45) is 2.67. The molecule has 5 nitrogen and oxygen atoms in total. The van der Waals surface area contributed by atoms with Crippen molar-refractivity contribution in [3.05, 3.63) is 47.7 Å². The van der Waals surface area contributed by atoms with Gasteiger partial charge in [0.2, 0.25) is 11.8 Å². The Balaban J connectivity index is 1.96. The molecule has 3 N–H and O–H groups in total. The maximum absolute atomic E-state index is 11.6. The molecule has 1 aromatic carbocycles. The molecule has 0 aliphatic carbocycles. The monoisotopic (exact) mass is 299 g/mol. The van der Waals surface area contributed by atoms with E-state index in [1.165, 1.54) is 11.1 Å². The number of rotatable bonds is 6. The summed E-state index contributed by atoms with van der Waals surface area (Å²) in [7, 11) is 0. The van der Waals surface area contributed by atoms with Gasteiger partial charge in [-0.3, -0.25) is 4.79 Å². The fourth-order valence-electron chi connectivity index (χ4n) is 1.90. The SMILES string of the molecule is Cc1ccc(Oc2ccc(NC(=O)CCCN)cn2)cc1C. The van der Waals surface area contributed by atoms with Gasteiger partial charge in [0, 0.05) is 12.5 Å². The minimum atomic E-state index is -0.0601. The molecule has 22 heavy (non-hydrogen) atoms. The first kappa shape index (κ1) is 16.0.